The molecule has 0 saturated heterocycles. The van der Waals surface area contributed by atoms with Crippen LogP contribution in [0, 0.1) is 0 Å². The van der Waals surface area contributed by atoms with Gasteiger partial charge in [0.15, 0.2) is 0 Å². The van der Waals surface area contributed by atoms with Crippen molar-refractivity contribution in [2.45, 2.75) is 25.3 Å². The lowest BCUT2D eigenvalue weighted by atomic mass is 9.95. The molecule has 3 rings (SSSR count). The first-order valence-corrected chi connectivity index (χ1v) is 7.24. The fourth-order valence-corrected chi connectivity index (χ4v) is 3.12. The molecule has 0 amide bonds. The van der Waals surface area contributed by atoms with Gasteiger partial charge in [-0.3, -0.25) is 0 Å². The number of benzene rings is 2. The molecule has 2 aromatic rings. The number of nitrogens with one attached hydrogen (secondary N) is 1. The van der Waals surface area contributed by atoms with Gasteiger partial charge in [-0.1, -0.05) is 30.3 Å². The molecule has 2 heteroatoms. The molecule has 104 valence electrons. The molecule has 1 atom stereocenters. The Morgan fingerprint density at radius 3 is 2.60 bits per heavy atom. The molecule has 20 heavy (non-hydrogen) atoms. The summed E-state index contributed by atoms with van der Waals surface area (Å²) in [4.78, 5) is 0. The molecule has 1 unspecified atom stereocenters. The minimum atomic E-state index is 0.219. The number of hydrogen-bond acceptors (Lipinski definition) is 2. The zero-order valence-electron chi connectivity index (χ0n) is 12.1. The van der Waals surface area contributed by atoms with E-state index in [0.717, 1.165) is 5.75 Å². The van der Waals surface area contributed by atoms with Crippen molar-refractivity contribution in [3.8, 4) is 5.75 Å². The fourth-order valence-electron chi connectivity index (χ4n) is 3.12. The highest BCUT2D eigenvalue weighted by molar-refractivity contribution is 5.41. The summed E-state index contributed by atoms with van der Waals surface area (Å²) < 4.78 is 5.33. The van der Waals surface area contributed by atoms with Crippen LogP contribution in [0.3, 0.4) is 0 Å². The topological polar surface area (TPSA) is 21.3 Å². The predicted octanol–water partition coefficient (Wildman–Crippen LogP) is 3.49. The highest BCUT2D eigenvalue weighted by Gasteiger charge is 2.16. The van der Waals surface area contributed by atoms with Gasteiger partial charge in [-0.2, -0.15) is 0 Å². The standard InChI is InChI=1S/C18H21NO/c1-19-18(15-7-4-8-17(12-15)20-2)16-10-9-13-5-3-6-14(13)11-16/h4,7-12,18-19H,3,5-6H2,1-2H3. The van der Waals surface area contributed by atoms with E-state index in [-0.39, 0.29) is 6.04 Å². The van der Waals surface area contributed by atoms with Crippen LogP contribution in [-0.2, 0) is 12.8 Å². The molecular formula is C18H21NO. The fraction of sp³-hybridized carbons (Fsp3) is 0.333. The van der Waals surface area contributed by atoms with Crippen molar-refractivity contribution in [1.82, 2.24) is 5.32 Å². The van der Waals surface area contributed by atoms with Crippen LogP contribution in [0.25, 0.3) is 0 Å². The summed E-state index contributed by atoms with van der Waals surface area (Å²) in [6, 6.07) is 15.4. The van der Waals surface area contributed by atoms with Crippen molar-refractivity contribution in [1.29, 1.82) is 0 Å². The van der Waals surface area contributed by atoms with Gasteiger partial charge in [0.2, 0.25) is 0 Å². The van der Waals surface area contributed by atoms with Crippen molar-refractivity contribution in [2.24, 2.45) is 0 Å². The van der Waals surface area contributed by atoms with Gasteiger partial charge in [-0.15, -0.1) is 0 Å². The molecule has 0 saturated carbocycles. The normalized spacial score (nSPS) is 14.9. The second-order valence-corrected chi connectivity index (χ2v) is 5.38. The molecule has 1 aliphatic carbocycles. The third kappa shape index (κ3) is 2.44. The average molecular weight is 267 g/mol. The molecule has 0 spiro atoms. The summed E-state index contributed by atoms with van der Waals surface area (Å²) in [7, 11) is 3.72. The van der Waals surface area contributed by atoms with E-state index < -0.39 is 0 Å². The second kappa shape index (κ2) is 5.68. The highest BCUT2D eigenvalue weighted by atomic mass is 16.5. The minimum Gasteiger partial charge on any atom is -0.497 e. The zero-order chi connectivity index (χ0) is 13.9. The highest BCUT2D eigenvalue weighted by Crippen LogP contribution is 2.29. The SMILES string of the molecule is CNC(c1cccc(OC)c1)c1ccc2c(c1)CCC2. The number of aryl methyl sites for hydroxylation is 2. The molecule has 0 aromatic heterocycles. The summed E-state index contributed by atoms with van der Waals surface area (Å²) in [6.07, 6.45) is 3.75. The molecule has 2 nitrogen and oxygen atoms in total. The van der Waals surface area contributed by atoms with E-state index in [2.05, 4.69) is 35.6 Å². The summed E-state index contributed by atoms with van der Waals surface area (Å²) in [5.74, 6) is 0.906. The van der Waals surface area contributed by atoms with Gasteiger partial charge in [-0.05, 0) is 60.7 Å². The van der Waals surface area contributed by atoms with E-state index in [1.54, 1.807) is 7.11 Å². The maximum absolute atomic E-state index is 5.33. The van der Waals surface area contributed by atoms with E-state index in [1.807, 2.05) is 19.2 Å². The van der Waals surface area contributed by atoms with Gasteiger partial charge in [-0.25, -0.2) is 0 Å². The summed E-state index contributed by atoms with van der Waals surface area (Å²) in [5.41, 5.74) is 5.62. The van der Waals surface area contributed by atoms with E-state index in [9.17, 15) is 0 Å². The maximum Gasteiger partial charge on any atom is 0.119 e. The van der Waals surface area contributed by atoms with Gasteiger partial charge >= 0.3 is 0 Å². The van der Waals surface area contributed by atoms with Gasteiger partial charge in [0, 0.05) is 0 Å². The Morgan fingerprint density at radius 2 is 1.80 bits per heavy atom. The quantitative estimate of drug-likeness (QED) is 0.915. The second-order valence-electron chi connectivity index (χ2n) is 5.38. The third-order valence-electron chi connectivity index (χ3n) is 4.17. The van der Waals surface area contributed by atoms with Crippen molar-refractivity contribution < 1.29 is 4.74 Å². The van der Waals surface area contributed by atoms with E-state index in [1.165, 1.54) is 41.5 Å². The van der Waals surface area contributed by atoms with Crippen LogP contribution in [0.4, 0.5) is 0 Å². The van der Waals surface area contributed by atoms with E-state index >= 15 is 0 Å². The summed E-state index contributed by atoms with van der Waals surface area (Å²) in [5, 5.41) is 3.42. The maximum atomic E-state index is 5.33. The van der Waals surface area contributed by atoms with Gasteiger partial charge < -0.3 is 10.1 Å². The Hall–Kier alpha value is -1.80. The lowest BCUT2D eigenvalue weighted by Crippen LogP contribution is -2.17. The van der Waals surface area contributed by atoms with Crippen LogP contribution in [-0.4, -0.2) is 14.2 Å². The largest absolute Gasteiger partial charge is 0.497 e. The summed E-state index contributed by atoms with van der Waals surface area (Å²) in [6.45, 7) is 0. The Morgan fingerprint density at radius 1 is 1.00 bits per heavy atom. The molecule has 0 fully saturated rings. The average Bonchev–Trinajstić information content (AvgIpc) is 2.96. The van der Waals surface area contributed by atoms with Gasteiger partial charge in [0.05, 0.1) is 13.2 Å². The summed E-state index contributed by atoms with van der Waals surface area (Å²) >= 11 is 0. The molecule has 0 aliphatic heterocycles. The Balaban J connectivity index is 1.96. The molecule has 1 N–H and O–H groups in total. The third-order valence-corrected chi connectivity index (χ3v) is 4.17. The number of ether oxygens (including phenoxy) is 1. The number of hydrogen-bond donors (Lipinski definition) is 1. The molecule has 2 aromatic carbocycles. The van der Waals surface area contributed by atoms with Crippen molar-refractivity contribution in [2.75, 3.05) is 14.2 Å². The van der Waals surface area contributed by atoms with E-state index in [0.29, 0.717) is 0 Å². The van der Waals surface area contributed by atoms with Crippen LogP contribution in [0.2, 0.25) is 0 Å². The molecule has 0 bridgehead atoms. The van der Waals surface area contributed by atoms with Crippen LogP contribution in [0.15, 0.2) is 42.5 Å². The molecule has 0 radical (unpaired) electrons. The first-order chi connectivity index (χ1) is 9.81. The predicted molar refractivity (Wildman–Crippen MR) is 82.4 cm³/mol. The van der Waals surface area contributed by atoms with Crippen LogP contribution in [0.1, 0.15) is 34.7 Å². The first kappa shape index (κ1) is 13.2. The minimum absolute atomic E-state index is 0.219. The van der Waals surface area contributed by atoms with Crippen molar-refractivity contribution in [3.63, 3.8) is 0 Å². The number of methoxy groups -OCH3 is 1. The Kier molecular flexibility index (Phi) is 3.75. The molecular weight excluding hydrogens is 246 g/mol. The van der Waals surface area contributed by atoms with Crippen molar-refractivity contribution >= 4 is 0 Å². The number of rotatable bonds is 4. The van der Waals surface area contributed by atoms with Crippen LogP contribution < -0.4 is 10.1 Å². The zero-order valence-corrected chi connectivity index (χ0v) is 12.1. The van der Waals surface area contributed by atoms with Crippen LogP contribution >= 0.6 is 0 Å². The van der Waals surface area contributed by atoms with Crippen molar-refractivity contribution in [3.05, 3.63) is 64.7 Å². The Bertz CT molecular complexity index is 606. The number of fused-ring (bicyclic) bond motifs is 1. The monoisotopic (exact) mass is 267 g/mol. The van der Waals surface area contributed by atoms with E-state index in [4.69, 9.17) is 4.74 Å². The molecule has 1 aliphatic rings. The van der Waals surface area contributed by atoms with Gasteiger partial charge in [0.1, 0.15) is 5.75 Å². The van der Waals surface area contributed by atoms with Gasteiger partial charge in [0.25, 0.3) is 0 Å². The first-order valence-electron chi connectivity index (χ1n) is 7.24. The Labute approximate surface area is 120 Å². The lowest BCUT2D eigenvalue weighted by Gasteiger charge is -2.19. The lowest BCUT2D eigenvalue weighted by molar-refractivity contribution is 0.414. The molecule has 0 heterocycles. The van der Waals surface area contributed by atoms with Crippen LogP contribution in [0.5, 0.6) is 5.75 Å². The smallest absolute Gasteiger partial charge is 0.119 e.